The number of halogens is 1. The third kappa shape index (κ3) is 2.99. The lowest BCUT2D eigenvalue weighted by Crippen LogP contribution is -2.48. The molecule has 112 valence electrons. The van der Waals surface area contributed by atoms with E-state index in [1.807, 2.05) is 11.3 Å². The fourth-order valence-electron chi connectivity index (χ4n) is 3.57. The summed E-state index contributed by atoms with van der Waals surface area (Å²) in [4.78, 5) is 1.47. The minimum atomic E-state index is 0.235. The molecule has 0 bridgehead atoms. The van der Waals surface area contributed by atoms with Gasteiger partial charge in [0, 0.05) is 22.0 Å². The van der Waals surface area contributed by atoms with E-state index in [0.717, 1.165) is 13.2 Å². The maximum absolute atomic E-state index is 6.10. The Morgan fingerprint density at radius 2 is 2.40 bits per heavy atom. The summed E-state index contributed by atoms with van der Waals surface area (Å²) in [5.74, 6) is 0.713. The Balaban J connectivity index is 1.76. The zero-order valence-electron chi connectivity index (χ0n) is 12.2. The lowest BCUT2D eigenvalue weighted by molar-refractivity contribution is -0.147. The Kier molecular flexibility index (Phi) is 4.86. The van der Waals surface area contributed by atoms with Crippen LogP contribution in [0.2, 0.25) is 0 Å². The van der Waals surface area contributed by atoms with Crippen molar-refractivity contribution in [2.75, 3.05) is 13.2 Å². The number of thiophene rings is 1. The highest BCUT2D eigenvalue weighted by atomic mass is 79.9. The standard InChI is InChI=1S/C16H24BrNOS/c1-2-8-18-14(15-13(17)5-10-20-15)12-4-9-19-16(11-12)6-3-7-16/h5,10,12,14,18H,2-4,6-9,11H2,1H3. The van der Waals surface area contributed by atoms with Gasteiger partial charge in [-0.15, -0.1) is 11.3 Å². The molecule has 1 N–H and O–H groups in total. The molecule has 1 aromatic heterocycles. The van der Waals surface area contributed by atoms with E-state index in [2.05, 4.69) is 39.6 Å². The number of hydrogen-bond acceptors (Lipinski definition) is 3. The lowest BCUT2D eigenvalue weighted by atomic mass is 9.70. The third-order valence-electron chi connectivity index (χ3n) is 4.81. The van der Waals surface area contributed by atoms with E-state index >= 15 is 0 Å². The molecule has 0 radical (unpaired) electrons. The monoisotopic (exact) mass is 357 g/mol. The van der Waals surface area contributed by atoms with Crippen molar-refractivity contribution in [3.8, 4) is 0 Å². The molecule has 3 rings (SSSR count). The maximum Gasteiger partial charge on any atom is 0.0686 e. The lowest BCUT2D eigenvalue weighted by Gasteiger charge is -2.48. The van der Waals surface area contributed by atoms with Crippen molar-refractivity contribution in [3.63, 3.8) is 0 Å². The van der Waals surface area contributed by atoms with E-state index < -0.39 is 0 Å². The van der Waals surface area contributed by atoms with E-state index in [9.17, 15) is 0 Å². The molecule has 1 aromatic rings. The first-order valence-corrected chi connectivity index (χ1v) is 9.51. The molecule has 2 unspecified atom stereocenters. The van der Waals surface area contributed by atoms with Gasteiger partial charge in [0.15, 0.2) is 0 Å². The van der Waals surface area contributed by atoms with Gasteiger partial charge in [0.1, 0.15) is 0 Å². The first-order chi connectivity index (χ1) is 9.74. The van der Waals surface area contributed by atoms with Crippen LogP contribution in [0.5, 0.6) is 0 Å². The molecular formula is C16H24BrNOS. The minimum Gasteiger partial charge on any atom is -0.375 e. The van der Waals surface area contributed by atoms with Crippen LogP contribution in [-0.4, -0.2) is 18.8 Å². The Hall–Kier alpha value is 0.1000. The Morgan fingerprint density at radius 1 is 1.55 bits per heavy atom. The van der Waals surface area contributed by atoms with Crippen molar-refractivity contribution in [3.05, 3.63) is 20.8 Å². The average Bonchev–Trinajstić information content (AvgIpc) is 2.84. The minimum absolute atomic E-state index is 0.235. The smallest absolute Gasteiger partial charge is 0.0686 e. The molecule has 1 saturated carbocycles. The molecule has 2 fully saturated rings. The van der Waals surface area contributed by atoms with Crippen LogP contribution in [0, 0.1) is 5.92 Å². The van der Waals surface area contributed by atoms with Gasteiger partial charge in [0.05, 0.1) is 5.60 Å². The topological polar surface area (TPSA) is 21.3 Å². The highest BCUT2D eigenvalue weighted by Crippen LogP contribution is 2.48. The zero-order chi connectivity index (χ0) is 14.0. The summed E-state index contributed by atoms with van der Waals surface area (Å²) in [7, 11) is 0. The summed E-state index contributed by atoms with van der Waals surface area (Å²) in [5, 5.41) is 5.99. The summed E-state index contributed by atoms with van der Waals surface area (Å²) in [6.45, 7) is 4.28. The molecular weight excluding hydrogens is 334 g/mol. The van der Waals surface area contributed by atoms with Crippen molar-refractivity contribution in [2.45, 2.75) is 57.1 Å². The molecule has 1 aliphatic carbocycles. The molecule has 2 atom stereocenters. The van der Waals surface area contributed by atoms with Crippen molar-refractivity contribution in [2.24, 2.45) is 5.92 Å². The average molecular weight is 358 g/mol. The molecule has 20 heavy (non-hydrogen) atoms. The van der Waals surface area contributed by atoms with Gasteiger partial charge < -0.3 is 10.1 Å². The predicted molar refractivity (Wildman–Crippen MR) is 88.3 cm³/mol. The predicted octanol–water partition coefficient (Wildman–Crippen LogP) is 4.90. The molecule has 2 nitrogen and oxygen atoms in total. The largest absolute Gasteiger partial charge is 0.375 e. The fraction of sp³-hybridized carbons (Fsp3) is 0.750. The molecule has 2 aliphatic rings. The van der Waals surface area contributed by atoms with Gasteiger partial charge in [-0.05, 0) is 78.4 Å². The van der Waals surface area contributed by atoms with Crippen LogP contribution < -0.4 is 5.32 Å². The van der Waals surface area contributed by atoms with E-state index in [1.165, 1.54) is 47.9 Å². The van der Waals surface area contributed by atoms with Crippen molar-refractivity contribution in [1.29, 1.82) is 0 Å². The van der Waals surface area contributed by atoms with Crippen LogP contribution in [-0.2, 0) is 4.74 Å². The van der Waals surface area contributed by atoms with Crippen LogP contribution >= 0.6 is 27.3 Å². The molecule has 1 aliphatic heterocycles. The van der Waals surface area contributed by atoms with Crippen LogP contribution in [0.15, 0.2) is 15.9 Å². The second-order valence-electron chi connectivity index (χ2n) is 6.20. The Labute approximate surface area is 134 Å². The normalized spacial score (nSPS) is 26.4. The summed E-state index contributed by atoms with van der Waals surface area (Å²) in [6, 6.07) is 2.67. The first kappa shape index (κ1) is 15.0. The van der Waals surface area contributed by atoms with Crippen LogP contribution in [0.1, 0.15) is 56.4 Å². The molecule has 1 saturated heterocycles. The van der Waals surface area contributed by atoms with Gasteiger partial charge >= 0.3 is 0 Å². The third-order valence-corrected chi connectivity index (χ3v) is 6.76. The van der Waals surface area contributed by atoms with Crippen LogP contribution in [0.3, 0.4) is 0 Å². The zero-order valence-corrected chi connectivity index (χ0v) is 14.6. The molecule has 4 heteroatoms. The van der Waals surface area contributed by atoms with Crippen LogP contribution in [0.4, 0.5) is 0 Å². The van der Waals surface area contributed by atoms with Crippen molar-refractivity contribution in [1.82, 2.24) is 5.32 Å². The summed E-state index contributed by atoms with van der Waals surface area (Å²) < 4.78 is 7.37. The Bertz CT molecular complexity index is 443. The van der Waals surface area contributed by atoms with Gasteiger partial charge in [-0.2, -0.15) is 0 Å². The summed E-state index contributed by atoms with van der Waals surface area (Å²) >= 11 is 5.60. The molecule has 1 spiro atoms. The second kappa shape index (κ2) is 6.47. The number of hydrogen-bond donors (Lipinski definition) is 1. The highest BCUT2D eigenvalue weighted by Gasteiger charge is 2.44. The summed E-state index contributed by atoms with van der Waals surface area (Å²) in [5.41, 5.74) is 0.235. The van der Waals surface area contributed by atoms with E-state index in [1.54, 1.807) is 0 Å². The molecule has 0 aromatic carbocycles. The first-order valence-electron chi connectivity index (χ1n) is 7.84. The molecule has 2 heterocycles. The van der Waals surface area contributed by atoms with Gasteiger partial charge in [-0.25, -0.2) is 0 Å². The van der Waals surface area contributed by atoms with Gasteiger partial charge in [-0.3, -0.25) is 0 Å². The number of nitrogens with one attached hydrogen (secondary N) is 1. The molecule has 0 amide bonds. The van der Waals surface area contributed by atoms with Crippen molar-refractivity contribution < 1.29 is 4.74 Å². The van der Waals surface area contributed by atoms with Gasteiger partial charge in [-0.1, -0.05) is 6.92 Å². The van der Waals surface area contributed by atoms with Gasteiger partial charge in [0.2, 0.25) is 0 Å². The second-order valence-corrected chi connectivity index (χ2v) is 8.00. The van der Waals surface area contributed by atoms with Crippen LogP contribution in [0.25, 0.3) is 0 Å². The van der Waals surface area contributed by atoms with Crippen molar-refractivity contribution >= 4 is 27.3 Å². The van der Waals surface area contributed by atoms with E-state index in [4.69, 9.17) is 4.74 Å². The fourth-order valence-corrected chi connectivity index (χ4v) is 5.36. The number of ether oxygens (including phenoxy) is 1. The SMILES string of the molecule is CCCNC(c1sccc1Br)C1CCOC2(CCC2)C1. The Morgan fingerprint density at radius 3 is 3.00 bits per heavy atom. The highest BCUT2D eigenvalue weighted by molar-refractivity contribution is 9.10. The number of rotatable bonds is 5. The quantitative estimate of drug-likeness (QED) is 0.808. The van der Waals surface area contributed by atoms with E-state index in [0.29, 0.717) is 12.0 Å². The summed E-state index contributed by atoms with van der Waals surface area (Å²) in [6.07, 6.45) is 7.51. The maximum atomic E-state index is 6.10. The van der Waals surface area contributed by atoms with E-state index in [-0.39, 0.29) is 5.60 Å². The van der Waals surface area contributed by atoms with Gasteiger partial charge in [0.25, 0.3) is 0 Å².